The van der Waals surface area contributed by atoms with Gasteiger partial charge in [0.15, 0.2) is 0 Å². The second-order valence-electron chi connectivity index (χ2n) is 11.6. The minimum atomic E-state index is -0.514. The fourth-order valence-electron chi connectivity index (χ4n) is 6.28. The molecule has 1 saturated heterocycles. The zero-order valence-corrected chi connectivity index (χ0v) is 25.6. The van der Waals surface area contributed by atoms with Gasteiger partial charge in [0.2, 0.25) is 5.91 Å². The second-order valence-corrected chi connectivity index (χ2v) is 11.6. The number of piperazine rings is 1. The van der Waals surface area contributed by atoms with E-state index in [2.05, 4.69) is 15.6 Å². The van der Waals surface area contributed by atoms with E-state index in [-0.39, 0.29) is 43.8 Å². The Morgan fingerprint density at radius 1 is 0.977 bits per heavy atom. The van der Waals surface area contributed by atoms with Crippen molar-refractivity contribution < 1.29 is 38.1 Å². The molecule has 4 rings (SSSR count). The van der Waals surface area contributed by atoms with Crippen LogP contribution in [-0.4, -0.2) is 127 Å². The summed E-state index contributed by atoms with van der Waals surface area (Å²) in [6, 6.07) is -0.249. The lowest BCUT2D eigenvalue weighted by atomic mass is 10.0. The van der Waals surface area contributed by atoms with Gasteiger partial charge in [-0.3, -0.25) is 19.3 Å². The first kappa shape index (κ1) is 32.8. The average molecular weight is 607 g/mol. The van der Waals surface area contributed by atoms with Crippen LogP contribution in [0, 0.1) is 17.8 Å². The molecule has 0 aromatic carbocycles. The van der Waals surface area contributed by atoms with Gasteiger partial charge in [0, 0.05) is 46.6 Å². The molecule has 4 atom stereocenters. The molecule has 1 N–H and O–H groups in total. The molecule has 2 fully saturated rings. The minimum absolute atomic E-state index is 0.0147. The van der Waals surface area contributed by atoms with Crippen LogP contribution in [0.3, 0.4) is 0 Å². The first-order valence-electron chi connectivity index (χ1n) is 15.3. The maximum absolute atomic E-state index is 12.8. The molecule has 14 heteroatoms. The van der Waals surface area contributed by atoms with Gasteiger partial charge in [-0.15, -0.1) is 5.10 Å². The van der Waals surface area contributed by atoms with Gasteiger partial charge in [-0.2, -0.15) is 0 Å². The molecule has 1 aliphatic heterocycles. The van der Waals surface area contributed by atoms with Gasteiger partial charge in [0.05, 0.1) is 56.9 Å². The SMILES string of the molecule is COCCOCCn1nnc2c1CC[C@@H]1[C@H](CC2)[C@@H]1COC(=O)NCCC(=O)N1CCN(CC(C)=O)C(COC(C)=O)C1. The number of rotatable bonds is 15. The van der Waals surface area contributed by atoms with Crippen molar-refractivity contribution in [2.45, 2.75) is 58.5 Å². The highest BCUT2D eigenvalue weighted by molar-refractivity contribution is 5.78. The average Bonchev–Trinajstić information content (AvgIpc) is 3.48. The normalized spacial score (nSPS) is 23.4. The summed E-state index contributed by atoms with van der Waals surface area (Å²) in [4.78, 5) is 51.8. The van der Waals surface area contributed by atoms with Crippen molar-refractivity contribution in [1.29, 1.82) is 0 Å². The highest BCUT2D eigenvalue weighted by Crippen LogP contribution is 2.52. The molecule has 0 spiro atoms. The number of esters is 1. The van der Waals surface area contributed by atoms with Crippen molar-refractivity contribution >= 4 is 23.8 Å². The number of alkyl carbamates (subject to hydrolysis) is 1. The zero-order chi connectivity index (χ0) is 30.8. The number of ether oxygens (including phenoxy) is 4. The van der Waals surface area contributed by atoms with E-state index in [1.54, 1.807) is 12.0 Å². The van der Waals surface area contributed by atoms with Gasteiger partial charge in [-0.05, 0) is 50.4 Å². The summed E-state index contributed by atoms with van der Waals surface area (Å²) >= 11 is 0. The summed E-state index contributed by atoms with van der Waals surface area (Å²) in [5, 5.41) is 11.5. The molecule has 3 aliphatic rings. The number of hydrogen-bond acceptors (Lipinski definition) is 11. The number of ketones is 1. The first-order chi connectivity index (χ1) is 20.8. The Morgan fingerprint density at radius 3 is 2.51 bits per heavy atom. The van der Waals surface area contributed by atoms with Gasteiger partial charge >= 0.3 is 12.1 Å². The maximum atomic E-state index is 12.8. The lowest BCUT2D eigenvalue weighted by Crippen LogP contribution is -2.57. The molecule has 0 bridgehead atoms. The van der Waals surface area contributed by atoms with E-state index in [9.17, 15) is 19.2 Å². The minimum Gasteiger partial charge on any atom is -0.464 e. The van der Waals surface area contributed by atoms with Crippen LogP contribution in [0.1, 0.15) is 44.5 Å². The Balaban J connectivity index is 1.13. The summed E-state index contributed by atoms with van der Waals surface area (Å²) < 4.78 is 23.2. The Hall–Kier alpha value is -3.10. The molecule has 1 aromatic heterocycles. The summed E-state index contributed by atoms with van der Waals surface area (Å²) in [5.41, 5.74) is 2.24. The van der Waals surface area contributed by atoms with E-state index in [1.165, 1.54) is 19.5 Å². The Kier molecular flexibility index (Phi) is 12.3. The summed E-state index contributed by atoms with van der Waals surface area (Å²) in [6.45, 7) is 7.45. The maximum Gasteiger partial charge on any atom is 0.407 e. The van der Waals surface area contributed by atoms with E-state index in [0.29, 0.717) is 70.4 Å². The van der Waals surface area contributed by atoms with Crippen LogP contribution in [0.2, 0.25) is 0 Å². The smallest absolute Gasteiger partial charge is 0.407 e. The highest BCUT2D eigenvalue weighted by atomic mass is 16.5. The molecule has 1 unspecified atom stereocenters. The number of aryl methyl sites for hydroxylation is 1. The van der Waals surface area contributed by atoms with Crippen molar-refractivity contribution in [2.24, 2.45) is 17.8 Å². The molecule has 2 heterocycles. The van der Waals surface area contributed by atoms with E-state index < -0.39 is 12.1 Å². The number of nitrogens with one attached hydrogen (secondary N) is 1. The third-order valence-electron chi connectivity index (χ3n) is 8.61. The fraction of sp³-hybridized carbons (Fsp3) is 0.793. The number of amides is 2. The van der Waals surface area contributed by atoms with Crippen LogP contribution in [0.15, 0.2) is 0 Å². The van der Waals surface area contributed by atoms with E-state index in [1.807, 2.05) is 9.58 Å². The highest BCUT2D eigenvalue weighted by Gasteiger charge is 2.50. The van der Waals surface area contributed by atoms with Crippen LogP contribution in [0.4, 0.5) is 4.79 Å². The predicted molar refractivity (Wildman–Crippen MR) is 153 cm³/mol. The van der Waals surface area contributed by atoms with Crippen LogP contribution >= 0.6 is 0 Å². The molecule has 2 aliphatic carbocycles. The number of aromatic nitrogens is 3. The summed E-state index contributed by atoms with van der Waals surface area (Å²) in [5.74, 6) is 0.887. The van der Waals surface area contributed by atoms with Crippen molar-refractivity contribution in [3.05, 3.63) is 11.4 Å². The largest absolute Gasteiger partial charge is 0.464 e. The van der Waals surface area contributed by atoms with Crippen molar-refractivity contribution in [2.75, 3.05) is 72.9 Å². The van der Waals surface area contributed by atoms with Gasteiger partial charge < -0.3 is 29.2 Å². The van der Waals surface area contributed by atoms with E-state index in [0.717, 1.165) is 31.4 Å². The van der Waals surface area contributed by atoms with Crippen molar-refractivity contribution in [1.82, 2.24) is 30.1 Å². The van der Waals surface area contributed by atoms with Crippen LogP contribution < -0.4 is 5.32 Å². The first-order valence-corrected chi connectivity index (χ1v) is 15.3. The molecule has 240 valence electrons. The number of carbonyl (C=O) groups is 4. The summed E-state index contributed by atoms with van der Waals surface area (Å²) in [6.07, 6.45) is 3.41. The Morgan fingerprint density at radius 2 is 1.77 bits per heavy atom. The standard InChI is InChI=1S/C29H46N6O8/c1-20(36)16-33-10-11-34(17-22(33)18-42-21(2)37)28(38)8-9-30-29(39)43-19-25-23-4-6-26-27(7-5-24(23)25)35(32-31-26)12-13-41-15-14-40-3/h22-25H,4-19H2,1-3H3,(H,30,39)/t22?,23-,24+,25-/m0/s1. The Labute approximate surface area is 252 Å². The topological polar surface area (TPSA) is 154 Å². The quantitative estimate of drug-likeness (QED) is 0.219. The summed E-state index contributed by atoms with van der Waals surface area (Å²) in [7, 11) is 1.65. The zero-order valence-electron chi connectivity index (χ0n) is 25.6. The Bertz CT molecular complexity index is 1110. The lowest BCUT2D eigenvalue weighted by Gasteiger charge is -2.40. The molecular formula is C29H46N6O8. The molecule has 0 radical (unpaired) electrons. The molecule has 1 aromatic rings. The van der Waals surface area contributed by atoms with Crippen LogP contribution in [-0.2, 0) is 52.7 Å². The van der Waals surface area contributed by atoms with E-state index in [4.69, 9.17) is 18.9 Å². The number of carbonyl (C=O) groups excluding carboxylic acids is 4. The molecule has 1 saturated carbocycles. The predicted octanol–water partition coefficient (Wildman–Crippen LogP) is 0.463. The van der Waals surface area contributed by atoms with Gasteiger partial charge in [-0.25, -0.2) is 9.48 Å². The second kappa shape index (κ2) is 16.1. The molecule has 14 nitrogen and oxygen atoms in total. The number of hydrogen-bond donors (Lipinski definition) is 1. The number of nitrogens with zero attached hydrogens (tertiary/aromatic N) is 5. The van der Waals surface area contributed by atoms with Gasteiger partial charge in [0.25, 0.3) is 0 Å². The third-order valence-corrected chi connectivity index (χ3v) is 8.61. The van der Waals surface area contributed by atoms with Crippen molar-refractivity contribution in [3.8, 4) is 0 Å². The third kappa shape index (κ3) is 9.70. The number of Topliss-reactive ketones (excluding diaryl/α,β-unsaturated/α-hetero) is 1. The van der Waals surface area contributed by atoms with Crippen molar-refractivity contribution in [3.63, 3.8) is 0 Å². The van der Waals surface area contributed by atoms with Crippen LogP contribution in [0.5, 0.6) is 0 Å². The molecule has 2 amide bonds. The molecule has 43 heavy (non-hydrogen) atoms. The number of methoxy groups -OCH3 is 1. The number of fused-ring (bicyclic) bond motifs is 2. The van der Waals surface area contributed by atoms with Gasteiger partial charge in [-0.1, -0.05) is 5.21 Å². The monoisotopic (exact) mass is 606 g/mol. The van der Waals surface area contributed by atoms with E-state index >= 15 is 0 Å². The molecular weight excluding hydrogens is 560 g/mol. The van der Waals surface area contributed by atoms with Crippen LogP contribution in [0.25, 0.3) is 0 Å². The fourth-order valence-corrected chi connectivity index (χ4v) is 6.28. The van der Waals surface area contributed by atoms with Gasteiger partial charge in [0.1, 0.15) is 12.4 Å². The lowest BCUT2D eigenvalue weighted by molar-refractivity contribution is -0.144.